The lowest BCUT2D eigenvalue weighted by Gasteiger charge is -2.37. The van der Waals surface area contributed by atoms with Gasteiger partial charge >= 0.3 is 6.18 Å². The number of rotatable bonds is 3. The summed E-state index contributed by atoms with van der Waals surface area (Å²) in [6.45, 7) is 7.71. The molecule has 1 aliphatic rings. The van der Waals surface area contributed by atoms with Crippen LogP contribution in [0.3, 0.4) is 0 Å². The quantitative estimate of drug-likeness (QED) is 0.797. The monoisotopic (exact) mass is 348 g/mol. The molecule has 0 spiro atoms. The summed E-state index contributed by atoms with van der Waals surface area (Å²) in [5.74, 6) is 0. The van der Waals surface area contributed by atoms with E-state index in [2.05, 4.69) is 41.8 Å². The number of hydrogen-bond acceptors (Lipinski definition) is 2. The van der Waals surface area contributed by atoms with Gasteiger partial charge in [0.25, 0.3) is 0 Å². The van der Waals surface area contributed by atoms with Gasteiger partial charge in [0.15, 0.2) is 0 Å². The molecule has 0 aliphatic carbocycles. The van der Waals surface area contributed by atoms with Crippen LogP contribution >= 0.6 is 0 Å². The largest absolute Gasteiger partial charge is 0.416 e. The second-order valence-electron chi connectivity index (χ2n) is 6.71. The highest BCUT2D eigenvalue weighted by atomic mass is 19.4. The zero-order valence-corrected chi connectivity index (χ0v) is 14.6. The smallest absolute Gasteiger partial charge is 0.369 e. The van der Waals surface area contributed by atoms with Crippen LogP contribution in [0.1, 0.15) is 22.3 Å². The first-order chi connectivity index (χ1) is 11.8. The van der Waals surface area contributed by atoms with Crippen LogP contribution in [0.2, 0.25) is 0 Å². The average molecular weight is 348 g/mol. The van der Waals surface area contributed by atoms with Crippen LogP contribution < -0.4 is 4.90 Å². The number of hydrogen-bond donors (Lipinski definition) is 0. The summed E-state index contributed by atoms with van der Waals surface area (Å²) in [5, 5.41) is 0. The number of halogens is 3. The van der Waals surface area contributed by atoms with Crippen molar-refractivity contribution in [1.29, 1.82) is 0 Å². The van der Waals surface area contributed by atoms with Crippen LogP contribution in [0.5, 0.6) is 0 Å². The van der Waals surface area contributed by atoms with E-state index < -0.39 is 11.7 Å². The lowest BCUT2D eigenvalue weighted by atomic mass is 10.1. The first kappa shape index (κ1) is 17.8. The molecule has 2 aromatic carbocycles. The van der Waals surface area contributed by atoms with Crippen molar-refractivity contribution in [3.05, 3.63) is 64.7 Å². The van der Waals surface area contributed by atoms with E-state index >= 15 is 0 Å². The molecule has 1 aliphatic heterocycles. The van der Waals surface area contributed by atoms with Crippen molar-refractivity contribution in [1.82, 2.24) is 4.90 Å². The van der Waals surface area contributed by atoms with Gasteiger partial charge in [0.1, 0.15) is 0 Å². The van der Waals surface area contributed by atoms with Crippen LogP contribution in [-0.4, -0.2) is 31.1 Å². The van der Waals surface area contributed by atoms with Crippen molar-refractivity contribution in [2.45, 2.75) is 26.6 Å². The van der Waals surface area contributed by atoms with Crippen molar-refractivity contribution in [3.8, 4) is 0 Å². The fourth-order valence-corrected chi connectivity index (χ4v) is 3.38. The van der Waals surface area contributed by atoms with Gasteiger partial charge in [-0.3, -0.25) is 4.90 Å². The molecular weight excluding hydrogens is 325 g/mol. The van der Waals surface area contributed by atoms with E-state index in [4.69, 9.17) is 0 Å². The highest BCUT2D eigenvalue weighted by molar-refractivity contribution is 5.55. The summed E-state index contributed by atoms with van der Waals surface area (Å²) in [7, 11) is 0. The Kier molecular flexibility index (Phi) is 5.04. The predicted molar refractivity (Wildman–Crippen MR) is 94.9 cm³/mol. The fraction of sp³-hybridized carbons (Fsp3) is 0.400. The summed E-state index contributed by atoms with van der Waals surface area (Å²) in [4.78, 5) is 4.43. The molecule has 0 radical (unpaired) electrons. The standard InChI is InChI=1S/C20H23F3N2/c1-15-7-8-16(2)19(13-15)25-11-9-24(10-12-25)14-17-5-3-4-6-18(17)20(21,22)23/h3-8,13H,9-12,14H2,1-2H3. The summed E-state index contributed by atoms with van der Waals surface area (Å²) in [6.07, 6.45) is -4.29. The van der Waals surface area contributed by atoms with E-state index in [0.29, 0.717) is 12.1 Å². The number of alkyl halides is 3. The van der Waals surface area contributed by atoms with Crippen molar-refractivity contribution in [2.24, 2.45) is 0 Å². The lowest BCUT2D eigenvalue weighted by molar-refractivity contribution is -0.138. The molecule has 0 N–H and O–H groups in total. The van der Waals surface area contributed by atoms with Gasteiger partial charge in [0, 0.05) is 38.4 Å². The molecule has 0 amide bonds. The van der Waals surface area contributed by atoms with Crippen molar-refractivity contribution < 1.29 is 13.2 Å². The molecule has 1 fully saturated rings. The summed E-state index contributed by atoms with van der Waals surface area (Å²) in [6, 6.07) is 12.3. The van der Waals surface area contributed by atoms with Gasteiger partial charge in [-0.05, 0) is 42.7 Å². The minimum atomic E-state index is -4.29. The van der Waals surface area contributed by atoms with Crippen LogP contribution in [0.15, 0.2) is 42.5 Å². The van der Waals surface area contributed by atoms with Crippen LogP contribution in [0.25, 0.3) is 0 Å². The van der Waals surface area contributed by atoms with E-state index in [-0.39, 0.29) is 0 Å². The third kappa shape index (κ3) is 4.15. The summed E-state index contributed by atoms with van der Waals surface area (Å²) < 4.78 is 39.4. The molecule has 3 rings (SSSR count). The van der Waals surface area contributed by atoms with E-state index in [1.807, 2.05) is 0 Å². The van der Waals surface area contributed by atoms with Crippen LogP contribution in [-0.2, 0) is 12.7 Å². The third-order valence-electron chi connectivity index (χ3n) is 4.79. The molecule has 0 bridgehead atoms. The second kappa shape index (κ2) is 7.08. The molecule has 134 valence electrons. The number of nitrogens with zero attached hydrogens (tertiary/aromatic N) is 2. The Labute approximate surface area is 146 Å². The molecule has 1 saturated heterocycles. The second-order valence-corrected chi connectivity index (χ2v) is 6.71. The lowest BCUT2D eigenvalue weighted by Crippen LogP contribution is -2.46. The average Bonchev–Trinajstić information content (AvgIpc) is 2.57. The van der Waals surface area contributed by atoms with Gasteiger partial charge in [0.05, 0.1) is 5.56 Å². The predicted octanol–water partition coefficient (Wildman–Crippen LogP) is 4.64. The minimum absolute atomic E-state index is 0.344. The molecule has 0 saturated carbocycles. The molecule has 0 atom stereocenters. The van der Waals surface area contributed by atoms with Gasteiger partial charge in [0.2, 0.25) is 0 Å². The normalized spacial score (nSPS) is 16.3. The van der Waals surface area contributed by atoms with Gasteiger partial charge in [-0.25, -0.2) is 0 Å². The number of aryl methyl sites for hydroxylation is 2. The van der Waals surface area contributed by atoms with Crippen molar-refractivity contribution >= 4 is 5.69 Å². The van der Waals surface area contributed by atoms with Crippen molar-refractivity contribution in [3.63, 3.8) is 0 Å². The zero-order chi connectivity index (χ0) is 18.0. The highest BCUT2D eigenvalue weighted by Crippen LogP contribution is 2.32. The minimum Gasteiger partial charge on any atom is -0.369 e. The van der Waals surface area contributed by atoms with E-state index in [1.54, 1.807) is 12.1 Å². The number of piperazine rings is 1. The van der Waals surface area contributed by atoms with Crippen molar-refractivity contribution in [2.75, 3.05) is 31.1 Å². The third-order valence-corrected chi connectivity index (χ3v) is 4.79. The Morgan fingerprint density at radius 1 is 0.920 bits per heavy atom. The molecule has 2 nitrogen and oxygen atoms in total. The Balaban J connectivity index is 1.67. The molecule has 1 heterocycles. The van der Waals surface area contributed by atoms with Gasteiger partial charge in [-0.2, -0.15) is 13.2 Å². The maximum atomic E-state index is 13.1. The zero-order valence-electron chi connectivity index (χ0n) is 14.6. The molecule has 0 aromatic heterocycles. The Hall–Kier alpha value is -2.01. The first-order valence-electron chi connectivity index (χ1n) is 8.54. The maximum Gasteiger partial charge on any atom is 0.416 e. The molecule has 5 heteroatoms. The Morgan fingerprint density at radius 3 is 2.28 bits per heavy atom. The van der Waals surface area contributed by atoms with E-state index in [9.17, 15) is 13.2 Å². The van der Waals surface area contributed by atoms with Crippen LogP contribution in [0, 0.1) is 13.8 Å². The molecule has 2 aromatic rings. The Bertz CT molecular complexity index is 732. The summed E-state index contributed by atoms with van der Waals surface area (Å²) >= 11 is 0. The van der Waals surface area contributed by atoms with E-state index in [1.165, 1.54) is 28.9 Å². The SMILES string of the molecule is Cc1ccc(C)c(N2CCN(Cc3ccccc3C(F)(F)F)CC2)c1. The highest BCUT2D eigenvalue weighted by Gasteiger charge is 2.33. The van der Waals surface area contributed by atoms with Gasteiger partial charge in [-0.15, -0.1) is 0 Å². The molecule has 25 heavy (non-hydrogen) atoms. The van der Waals surface area contributed by atoms with Crippen LogP contribution in [0.4, 0.5) is 18.9 Å². The fourth-order valence-electron chi connectivity index (χ4n) is 3.38. The van der Waals surface area contributed by atoms with Gasteiger partial charge in [-0.1, -0.05) is 30.3 Å². The maximum absolute atomic E-state index is 13.1. The van der Waals surface area contributed by atoms with E-state index in [0.717, 1.165) is 26.2 Å². The Morgan fingerprint density at radius 2 is 1.60 bits per heavy atom. The molecule has 0 unspecified atom stereocenters. The first-order valence-corrected chi connectivity index (χ1v) is 8.54. The summed E-state index contributed by atoms with van der Waals surface area (Å²) in [5.41, 5.74) is 3.53. The molecular formula is C20H23F3N2. The topological polar surface area (TPSA) is 6.48 Å². The van der Waals surface area contributed by atoms with Gasteiger partial charge < -0.3 is 4.90 Å². The number of anilines is 1. The number of benzene rings is 2.